The summed E-state index contributed by atoms with van der Waals surface area (Å²) in [5.74, 6) is 0. The van der Waals surface area contributed by atoms with Crippen molar-refractivity contribution in [1.29, 1.82) is 0 Å². The molecular weight excluding hydrogens is 490 g/mol. The molecule has 6 rings (SSSR count). The Hall–Kier alpha value is -4.42. The SMILES string of the molecule is Cc1ccc(S(=O)(=O)Nc2ccc3ccccc3c2-c2c(-n3cnc(C)c3C)ccc3ccccc23)cc1. The average molecular weight is 518 g/mol. The van der Waals surface area contributed by atoms with E-state index in [1.165, 1.54) is 0 Å². The molecule has 38 heavy (non-hydrogen) atoms. The van der Waals surface area contributed by atoms with Crippen LogP contribution in [0.25, 0.3) is 38.4 Å². The van der Waals surface area contributed by atoms with E-state index in [1.807, 2.05) is 81.7 Å². The van der Waals surface area contributed by atoms with Gasteiger partial charge in [-0.1, -0.05) is 78.4 Å². The summed E-state index contributed by atoms with van der Waals surface area (Å²) < 4.78 is 32.2. The number of nitrogens with one attached hydrogen (secondary N) is 1. The molecule has 0 fully saturated rings. The van der Waals surface area contributed by atoms with Crippen molar-refractivity contribution in [2.45, 2.75) is 25.7 Å². The standard InChI is InChI=1S/C32H27N3O2S/c1-21-12-16-26(17-13-21)38(36,37)34-29-18-14-24-8-4-6-10-27(24)31(29)32-28-11-7-5-9-25(28)15-19-30(32)35-20-33-22(2)23(35)3/h4-20,34H,1-3H3. The maximum absolute atomic E-state index is 13.6. The van der Waals surface area contributed by atoms with Crippen LogP contribution < -0.4 is 4.72 Å². The lowest BCUT2D eigenvalue weighted by molar-refractivity contribution is 0.601. The zero-order valence-electron chi connectivity index (χ0n) is 21.4. The van der Waals surface area contributed by atoms with E-state index >= 15 is 0 Å². The highest BCUT2D eigenvalue weighted by Crippen LogP contribution is 2.43. The van der Waals surface area contributed by atoms with Gasteiger partial charge in [0, 0.05) is 16.8 Å². The number of nitrogens with zero attached hydrogens (tertiary/aromatic N) is 2. The summed E-state index contributed by atoms with van der Waals surface area (Å²) in [7, 11) is -3.83. The molecular formula is C32H27N3O2S. The molecule has 0 aliphatic heterocycles. The molecule has 5 nitrogen and oxygen atoms in total. The molecule has 188 valence electrons. The van der Waals surface area contributed by atoms with Crippen molar-refractivity contribution in [3.8, 4) is 16.8 Å². The molecule has 0 atom stereocenters. The lowest BCUT2D eigenvalue weighted by Crippen LogP contribution is -2.14. The number of aryl methyl sites for hydroxylation is 2. The summed E-state index contributed by atoms with van der Waals surface area (Å²) in [6, 6.07) is 31.2. The largest absolute Gasteiger partial charge is 0.303 e. The zero-order valence-corrected chi connectivity index (χ0v) is 22.3. The van der Waals surface area contributed by atoms with Crippen LogP contribution in [0, 0.1) is 20.8 Å². The Kier molecular flexibility index (Phi) is 5.77. The van der Waals surface area contributed by atoms with Gasteiger partial charge in [0.05, 0.1) is 28.3 Å². The number of rotatable bonds is 5. The zero-order chi connectivity index (χ0) is 26.4. The number of sulfonamides is 1. The van der Waals surface area contributed by atoms with E-state index in [9.17, 15) is 8.42 Å². The quantitative estimate of drug-likeness (QED) is 0.256. The van der Waals surface area contributed by atoms with Crippen molar-refractivity contribution in [3.63, 3.8) is 0 Å². The molecule has 0 aliphatic rings. The molecule has 1 N–H and O–H groups in total. The second-order valence-electron chi connectivity index (χ2n) is 9.59. The first-order valence-electron chi connectivity index (χ1n) is 12.5. The Morgan fingerprint density at radius 3 is 1.92 bits per heavy atom. The van der Waals surface area contributed by atoms with E-state index in [-0.39, 0.29) is 4.90 Å². The summed E-state index contributed by atoms with van der Waals surface area (Å²) in [4.78, 5) is 4.77. The number of hydrogen-bond acceptors (Lipinski definition) is 3. The van der Waals surface area contributed by atoms with Crippen molar-refractivity contribution in [1.82, 2.24) is 9.55 Å². The van der Waals surface area contributed by atoms with E-state index in [1.54, 1.807) is 12.1 Å². The van der Waals surface area contributed by atoms with Crippen molar-refractivity contribution < 1.29 is 8.42 Å². The Morgan fingerprint density at radius 2 is 1.29 bits per heavy atom. The van der Waals surface area contributed by atoms with Crippen molar-refractivity contribution in [3.05, 3.63) is 120 Å². The third kappa shape index (κ3) is 4.03. The van der Waals surface area contributed by atoms with Gasteiger partial charge in [0.2, 0.25) is 0 Å². The van der Waals surface area contributed by atoms with Gasteiger partial charge in [-0.3, -0.25) is 4.72 Å². The molecule has 5 aromatic carbocycles. The van der Waals surface area contributed by atoms with Crippen LogP contribution in [0.1, 0.15) is 17.0 Å². The first kappa shape index (κ1) is 23.9. The summed E-state index contributed by atoms with van der Waals surface area (Å²) >= 11 is 0. The third-order valence-electron chi connectivity index (χ3n) is 7.17. The minimum Gasteiger partial charge on any atom is -0.303 e. The normalized spacial score (nSPS) is 11.8. The molecule has 0 spiro atoms. The summed E-state index contributed by atoms with van der Waals surface area (Å²) in [6.45, 7) is 5.98. The average Bonchev–Trinajstić information content (AvgIpc) is 3.26. The van der Waals surface area contributed by atoms with E-state index < -0.39 is 10.0 Å². The molecule has 1 aromatic heterocycles. The van der Waals surface area contributed by atoms with E-state index in [0.29, 0.717) is 5.69 Å². The summed E-state index contributed by atoms with van der Waals surface area (Å²) in [5.41, 5.74) is 6.22. The highest BCUT2D eigenvalue weighted by Gasteiger charge is 2.22. The van der Waals surface area contributed by atoms with Crippen LogP contribution in [-0.4, -0.2) is 18.0 Å². The van der Waals surface area contributed by atoms with Gasteiger partial charge in [0.25, 0.3) is 10.0 Å². The van der Waals surface area contributed by atoms with Gasteiger partial charge in [-0.15, -0.1) is 0 Å². The lowest BCUT2D eigenvalue weighted by Gasteiger charge is -2.21. The highest BCUT2D eigenvalue weighted by atomic mass is 32.2. The smallest absolute Gasteiger partial charge is 0.261 e. The predicted octanol–water partition coefficient (Wildman–Crippen LogP) is 7.57. The third-order valence-corrected chi connectivity index (χ3v) is 8.55. The Bertz CT molecular complexity index is 1940. The van der Waals surface area contributed by atoms with Gasteiger partial charge in [0.1, 0.15) is 0 Å². The first-order chi connectivity index (χ1) is 18.3. The first-order valence-corrected chi connectivity index (χ1v) is 14.0. The monoisotopic (exact) mass is 517 g/mol. The van der Waals surface area contributed by atoms with Gasteiger partial charge < -0.3 is 4.57 Å². The second-order valence-corrected chi connectivity index (χ2v) is 11.3. The molecule has 0 amide bonds. The van der Waals surface area contributed by atoms with Gasteiger partial charge in [0.15, 0.2) is 0 Å². The van der Waals surface area contributed by atoms with Crippen LogP contribution in [0.5, 0.6) is 0 Å². The molecule has 0 aliphatic carbocycles. The molecule has 0 bridgehead atoms. The minimum atomic E-state index is -3.83. The van der Waals surface area contributed by atoms with Crippen LogP contribution in [-0.2, 0) is 10.0 Å². The van der Waals surface area contributed by atoms with Crippen LogP contribution in [0.4, 0.5) is 5.69 Å². The van der Waals surface area contributed by atoms with Crippen LogP contribution >= 0.6 is 0 Å². The Balaban J connectivity index is 1.69. The van der Waals surface area contributed by atoms with Gasteiger partial charge in [-0.25, -0.2) is 13.4 Å². The molecule has 0 saturated heterocycles. The fourth-order valence-electron chi connectivity index (χ4n) is 5.01. The number of benzene rings is 5. The molecule has 0 saturated carbocycles. The molecule has 1 heterocycles. The number of anilines is 1. The van der Waals surface area contributed by atoms with Crippen LogP contribution in [0.3, 0.4) is 0 Å². The maximum atomic E-state index is 13.6. The second kappa shape index (κ2) is 9.15. The molecule has 6 heteroatoms. The number of hydrogen-bond donors (Lipinski definition) is 1. The maximum Gasteiger partial charge on any atom is 0.261 e. The number of fused-ring (bicyclic) bond motifs is 2. The van der Waals surface area contributed by atoms with Crippen molar-refractivity contribution in [2.75, 3.05) is 4.72 Å². The van der Waals surface area contributed by atoms with Crippen molar-refractivity contribution >= 4 is 37.3 Å². The van der Waals surface area contributed by atoms with Crippen LogP contribution in [0.2, 0.25) is 0 Å². The molecule has 0 radical (unpaired) electrons. The summed E-state index contributed by atoms with van der Waals surface area (Å²) in [6.07, 6.45) is 1.83. The van der Waals surface area contributed by atoms with Gasteiger partial charge in [-0.05, 0) is 66.6 Å². The molecule has 6 aromatic rings. The van der Waals surface area contributed by atoms with Crippen LogP contribution in [0.15, 0.2) is 108 Å². The fourth-order valence-corrected chi connectivity index (χ4v) is 6.08. The van der Waals surface area contributed by atoms with Gasteiger partial charge in [-0.2, -0.15) is 0 Å². The predicted molar refractivity (Wildman–Crippen MR) is 155 cm³/mol. The van der Waals surface area contributed by atoms with E-state index in [2.05, 4.69) is 44.6 Å². The van der Waals surface area contributed by atoms with E-state index in [0.717, 1.165) is 55.3 Å². The molecule has 0 unspecified atom stereocenters. The number of imidazole rings is 1. The van der Waals surface area contributed by atoms with E-state index in [4.69, 9.17) is 0 Å². The minimum absolute atomic E-state index is 0.224. The summed E-state index contributed by atoms with van der Waals surface area (Å²) in [5, 5.41) is 4.09. The Labute approximate surface area is 222 Å². The topological polar surface area (TPSA) is 64.0 Å². The highest BCUT2D eigenvalue weighted by molar-refractivity contribution is 7.92. The lowest BCUT2D eigenvalue weighted by atomic mass is 9.91. The number of aromatic nitrogens is 2. The van der Waals surface area contributed by atoms with Crippen molar-refractivity contribution in [2.24, 2.45) is 0 Å². The Morgan fingerprint density at radius 1 is 0.684 bits per heavy atom. The fraction of sp³-hybridized carbons (Fsp3) is 0.0938. The van der Waals surface area contributed by atoms with Gasteiger partial charge >= 0.3 is 0 Å².